The fourth-order valence-corrected chi connectivity index (χ4v) is 3.13. The molecule has 0 radical (unpaired) electrons. The van der Waals surface area contributed by atoms with Gasteiger partial charge in [0.25, 0.3) is 10.2 Å². The Bertz CT molecular complexity index is 287. The van der Waals surface area contributed by atoms with Gasteiger partial charge in [-0.25, -0.2) is 0 Å². The summed E-state index contributed by atoms with van der Waals surface area (Å²) in [5.74, 6) is -0.0881. The van der Waals surface area contributed by atoms with Crippen LogP contribution in [0.3, 0.4) is 0 Å². The van der Waals surface area contributed by atoms with E-state index in [1.54, 1.807) is 6.92 Å². The summed E-state index contributed by atoms with van der Waals surface area (Å²) in [4.78, 5) is 0. The lowest BCUT2D eigenvalue weighted by Gasteiger charge is -2.26. The summed E-state index contributed by atoms with van der Waals surface area (Å²) in [6.07, 6.45) is 1.59. The molecule has 0 fully saturated rings. The van der Waals surface area contributed by atoms with Crippen molar-refractivity contribution < 1.29 is 13.5 Å². The van der Waals surface area contributed by atoms with E-state index in [1.165, 1.54) is 4.31 Å². The van der Waals surface area contributed by atoms with Crippen molar-refractivity contribution in [2.45, 2.75) is 46.6 Å². The van der Waals surface area contributed by atoms with Crippen LogP contribution in [-0.2, 0) is 10.2 Å². The van der Waals surface area contributed by atoms with E-state index in [4.69, 9.17) is 5.11 Å². The fraction of sp³-hybridized carbons (Fsp3) is 1.00. The Hall–Kier alpha value is -0.170. The number of rotatable bonds is 9. The van der Waals surface area contributed by atoms with Crippen molar-refractivity contribution in [1.82, 2.24) is 9.03 Å². The molecule has 2 N–H and O–H groups in total. The Balaban J connectivity index is 4.61. The van der Waals surface area contributed by atoms with Gasteiger partial charge in [0, 0.05) is 25.7 Å². The smallest absolute Gasteiger partial charge is 0.279 e. The van der Waals surface area contributed by atoms with E-state index in [9.17, 15) is 8.42 Å². The molecule has 0 amide bonds. The lowest BCUT2D eigenvalue weighted by molar-refractivity contribution is 0.215. The summed E-state index contributed by atoms with van der Waals surface area (Å²) in [5, 5.41) is 9.00. The largest absolute Gasteiger partial charge is 0.396 e. The number of hydrogen-bond acceptors (Lipinski definition) is 3. The minimum atomic E-state index is -3.43. The standard InChI is InChI=1S/C11H26N2O3S/c1-5-7-13(8-6-2)17(15,16)12-11(4)10(3)9-14/h10-12,14H,5-9H2,1-4H3. The number of nitrogens with zero attached hydrogens (tertiary/aromatic N) is 1. The number of hydrogen-bond donors (Lipinski definition) is 2. The average Bonchev–Trinajstić information content (AvgIpc) is 2.27. The van der Waals surface area contributed by atoms with Gasteiger partial charge in [-0.15, -0.1) is 0 Å². The zero-order valence-corrected chi connectivity index (χ0v) is 12.1. The Kier molecular flexibility index (Phi) is 7.94. The third-order valence-electron chi connectivity index (χ3n) is 2.76. The molecule has 0 aromatic rings. The van der Waals surface area contributed by atoms with Crippen molar-refractivity contribution in [3.63, 3.8) is 0 Å². The van der Waals surface area contributed by atoms with E-state index in [0.717, 1.165) is 12.8 Å². The topological polar surface area (TPSA) is 69.6 Å². The Morgan fingerprint density at radius 3 is 2.00 bits per heavy atom. The van der Waals surface area contributed by atoms with Crippen molar-refractivity contribution in [1.29, 1.82) is 0 Å². The molecule has 17 heavy (non-hydrogen) atoms. The summed E-state index contributed by atoms with van der Waals surface area (Å²) >= 11 is 0. The van der Waals surface area contributed by atoms with Gasteiger partial charge < -0.3 is 5.11 Å². The van der Waals surface area contributed by atoms with Gasteiger partial charge in [0.05, 0.1) is 0 Å². The van der Waals surface area contributed by atoms with Crippen LogP contribution < -0.4 is 4.72 Å². The van der Waals surface area contributed by atoms with E-state index in [1.807, 2.05) is 20.8 Å². The normalized spacial score (nSPS) is 16.1. The summed E-state index contributed by atoms with van der Waals surface area (Å²) in [7, 11) is -3.43. The highest BCUT2D eigenvalue weighted by atomic mass is 32.2. The first-order valence-electron chi connectivity index (χ1n) is 6.27. The van der Waals surface area contributed by atoms with Gasteiger partial charge in [-0.2, -0.15) is 17.4 Å². The maximum Gasteiger partial charge on any atom is 0.279 e. The second-order valence-electron chi connectivity index (χ2n) is 4.47. The van der Waals surface area contributed by atoms with E-state index in [-0.39, 0.29) is 18.6 Å². The maximum atomic E-state index is 12.1. The molecule has 104 valence electrons. The summed E-state index contributed by atoms with van der Waals surface area (Å²) < 4.78 is 28.2. The van der Waals surface area contributed by atoms with E-state index < -0.39 is 10.2 Å². The van der Waals surface area contributed by atoms with Gasteiger partial charge >= 0.3 is 0 Å². The van der Waals surface area contributed by atoms with E-state index in [2.05, 4.69) is 4.72 Å². The van der Waals surface area contributed by atoms with Crippen LogP contribution in [0.25, 0.3) is 0 Å². The molecule has 0 heterocycles. The molecule has 2 unspecified atom stereocenters. The predicted octanol–water partition coefficient (Wildman–Crippen LogP) is 0.960. The first-order valence-corrected chi connectivity index (χ1v) is 7.71. The van der Waals surface area contributed by atoms with Crippen molar-refractivity contribution in [2.75, 3.05) is 19.7 Å². The third kappa shape index (κ3) is 5.81. The average molecular weight is 266 g/mol. The molecule has 0 aliphatic rings. The van der Waals surface area contributed by atoms with Crippen molar-refractivity contribution in [3.05, 3.63) is 0 Å². The second kappa shape index (κ2) is 8.02. The van der Waals surface area contributed by atoms with Gasteiger partial charge in [0.15, 0.2) is 0 Å². The van der Waals surface area contributed by atoms with Crippen LogP contribution in [0.5, 0.6) is 0 Å². The molecule has 5 nitrogen and oxygen atoms in total. The lowest BCUT2D eigenvalue weighted by atomic mass is 10.1. The molecule has 0 saturated carbocycles. The highest BCUT2D eigenvalue weighted by Crippen LogP contribution is 2.07. The molecule has 0 rings (SSSR count). The van der Waals surface area contributed by atoms with Crippen molar-refractivity contribution >= 4 is 10.2 Å². The highest BCUT2D eigenvalue weighted by Gasteiger charge is 2.24. The SMILES string of the molecule is CCCN(CCC)S(=O)(=O)NC(C)C(C)CO. The van der Waals surface area contributed by atoms with Crippen LogP contribution in [0.2, 0.25) is 0 Å². The monoisotopic (exact) mass is 266 g/mol. The second-order valence-corrected chi connectivity index (χ2v) is 6.17. The van der Waals surface area contributed by atoms with Gasteiger partial charge in [0.2, 0.25) is 0 Å². The van der Waals surface area contributed by atoms with Gasteiger partial charge in [-0.3, -0.25) is 0 Å². The quantitative estimate of drug-likeness (QED) is 0.653. The van der Waals surface area contributed by atoms with Crippen molar-refractivity contribution in [2.24, 2.45) is 5.92 Å². The van der Waals surface area contributed by atoms with Crippen LogP contribution in [0.15, 0.2) is 0 Å². The number of aliphatic hydroxyl groups excluding tert-OH is 1. The van der Waals surface area contributed by atoms with E-state index in [0.29, 0.717) is 13.1 Å². The zero-order chi connectivity index (χ0) is 13.5. The number of nitrogens with one attached hydrogen (secondary N) is 1. The van der Waals surface area contributed by atoms with Crippen LogP contribution in [0.1, 0.15) is 40.5 Å². The third-order valence-corrected chi connectivity index (χ3v) is 4.48. The highest BCUT2D eigenvalue weighted by molar-refractivity contribution is 7.87. The maximum absolute atomic E-state index is 12.1. The van der Waals surface area contributed by atoms with Crippen LogP contribution in [0, 0.1) is 5.92 Å². The van der Waals surface area contributed by atoms with Gasteiger partial charge in [-0.1, -0.05) is 20.8 Å². The molecule has 0 aliphatic heterocycles. The van der Waals surface area contributed by atoms with Gasteiger partial charge in [-0.05, 0) is 25.7 Å². The van der Waals surface area contributed by atoms with Crippen LogP contribution >= 0.6 is 0 Å². The Morgan fingerprint density at radius 1 is 1.18 bits per heavy atom. The Morgan fingerprint density at radius 2 is 1.65 bits per heavy atom. The summed E-state index contributed by atoms with van der Waals surface area (Å²) in [5.41, 5.74) is 0. The van der Waals surface area contributed by atoms with Crippen LogP contribution in [0.4, 0.5) is 0 Å². The molecular formula is C11H26N2O3S. The van der Waals surface area contributed by atoms with E-state index >= 15 is 0 Å². The molecule has 2 atom stereocenters. The van der Waals surface area contributed by atoms with Crippen LogP contribution in [-0.4, -0.2) is 43.6 Å². The molecule has 0 aromatic carbocycles. The minimum Gasteiger partial charge on any atom is -0.396 e. The molecule has 0 aromatic heterocycles. The summed E-state index contributed by atoms with van der Waals surface area (Å²) in [6, 6.07) is -0.263. The molecule has 0 bridgehead atoms. The molecule has 6 heteroatoms. The Labute approximate surface area is 105 Å². The number of aliphatic hydroxyl groups is 1. The lowest BCUT2D eigenvalue weighted by Crippen LogP contribution is -2.47. The minimum absolute atomic E-state index is 0.0226. The molecule has 0 saturated heterocycles. The van der Waals surface area contributed by atoms with Gasteiger partial charge in [0.1, 0.15) is 0 Å². The van der Waals surface area contributed by atoms with Crippen molar-refractivity contribution in [3.8, 4) is 0 Å². The molecule has 0 aliphatic carbocycles. The molecular weight excluding hydrogens is 240 g/mol. The summed E-state index contributed by atoms with van der Waals surface area (Å²) in [6.45, 7) is 8.54. The zero-order valence-electron chi connectivity index (χ0n) is 11.3. The molecule has 0 spiro atoms. The fourth-order valence-electron chi connectivity index (χ4n) is 1.43. The predicted molar refractivity (Wildman–Crippen MR) is 69.9 cm³/mol. The first kappa shape index (κ1) is 16.8. The first-order chi connectivity index (χ1) is 7.88.